The van der Waals surface area contributed by atoms with Gasteiger partial charge in [-0.2, -0.15) is 0 Å². The van der Waals surface area contributed by atoms with Gasteiger partial charge in [-0.15, -0.1) is 0 Å². The Hall–Kier alpha value is -1.48. The van der Waals surface area contributed by atoms with Gasteiger partial charge in [0.2, 0.25) is 15.9 Å². The molecule has 0 radical (unpaired) electrons. The molecule has 2 rings (SSSR count). The lowest BCUT2D eigenvalue weighted by Gasteiger charge is -2.15. The van der Waals surface area contributed by atoms with Gasteiger partial charge < -0.3 is 15.1 Å². The lowest BCUT2D eigenvalue weighted by atomic mass is 10.3. The molecule has 20 heavy (non-hydrogen) atoms. The summed E-state index contributed by atoms with van der Waals surface area (Å²) in [6, 6.07) is 7.72. The number of hydrogen-bond acceptors (Lipinski definition) is 5. The molecule has 2 unspecified atom stereocenters. The van der Waals surface area contributed by atoms with Crippen molar-refractivity contribution in [2.24, 2.45) is 0 Å². The second-order valence-electron chi connectivity index (χ2n) is 4.57. The van der Waals surface area contributed by atoms with E-state index in [1.54, 1.807) is 18.2 Å². The number of benzene rings is 1. The van der Waals surface area contributed by atoms with Crippen molar-refractivity contribution in [3.8, 4) is 0 Å². The summed E-state index contributed by atoms with van der Waals surface area (Å²) in [6.07, 6.45) is -1.96. The van der Waals surface area contributed by atoms with E-state index >= 15 is 0 Å². The molecule has 8 heteroatoms. The molecule has 110 valence electrons. The lowest BCUT2D eigenvalue weighted by molar-refractivity contribution is -0.129. The average molecular weight is 300 g/mol. The molecule has 1 saturated heterocycles. The zero-order chi connectivity index (χ0) is 14.8. The molecule has 0 bridgehead atoms. The van der Waals surface area contributed by atoms with E-state index in [0.29, 0.717) is 0 Å². The largest absolute Gasteiger partial charge is 0.388 e. The normalized spacial score (nSPS) is 23.0. The fourth-order valence-electron chi connectivity index (χ4n) is 1.92. The second-order valence-corrected chi connectivity index (χ2v) is 6.34. The van der Waals surface area contributed by atoms with Crippen LogP contribution in [-0.4, -0.2) is 61.3 Å². The first-order valence-electron chi connectivity index (χ1n) is 6.09. The van der Waals surface area contributed by atoms with Crippen LogP contribution in [0.2, 0.25) is 0 Å². The zero-order valence-corrected chi connectivity index (χ0v) is 11.5. The molecule has 1 aromatic rings. The molecular weight excluding hydrogens is 284 g/mol. The van der Waals surface area contributed by atoms with Crippen LogP contribution >= 0.6 is 0 Å². The van der Waals surface area contributed by atoms with Gasteiger partial charge in [-0.1, -0.05) is 18.2 Å². The van der Waals surface area contributed by atoms with E-state index in [0.717, 1.165) is 0 Å². The minimum Gasteiger partial charge on any atom is -0.388 e. The predicted molar refractivity (Wildman–Crippen MR) is 70.2 cm³/mol. The molecule has 1 aromatic carbocycles. The predicted octanol–water partition coefficient (Wildman–Crippen LogP) is -1.47. The summed E-state index contributed by atoms with van der Waals surface area (Å²) in [5.41, 5.74) is 0. The maximum absolute atomic E-state index is 11.9. The number of nitrogens with one attached hydrogen (secondary N) is 1. The molecule has 2 atom stereocenters. The molecule has 0 spiro atoms. The Bertz CT molecular complexity index is 565. The van der Waals surface area contributed by atoms with Crippen molar-refractivity contribution in [2.45, 2.75) is 17.1 Å². The molecule has 3 N–H and O–H groups in total. The van der Waals surface area contributed by atoms with Crippen LogP contribution in [0.1, 0.15) is 0 Å². The fourth-order valence-corrected chi connectivity index (χ4v) is 2.92. The van der Waals surface area contributed by atoms with Crippen molar-refractivity contribution in [1.29, 1.82) is 0 Å². The molecule has 0 aromatic heterocycles. The minimum absolute atomic E-state index is 0.00701. The number of β-amino-alcohol motifs (C(OH)–C–C–N with tert-alkyl or cyclic N) is 2. The van der Waals surface area contributed by atoms with Crippen LogP contribution < -0.4 is 4.72 Å². The van der Waals surface area contributed by atoms with Crippen LogP contribution in [0.3, 0.4) is 0 Å². The summed E-state index contributed by atoms with van der Waals surface area (Å²) in [6.45, 7) is -0.392. The van der Waals surface area contributed by atoms with Gasteiger partial charge in [0.1, 0.15) is 0 Å². The Morgan fingerprint density at radius 1 is 1.20 bits per heavy atom. The van der Waals surface area contributed by atoms with Crippen LogP contribution in [0.25, 0.3) is 0 Å². The van der Waals surface area contributed by atoms with Crippen LogP contribution in [0.15, 0.2) is 35.2 Å². The summed E-state index contributed by atoms with van der Waals surface area (Å²) < 4.78 is 26.0. The number of nitrogens with zero attached hydrogens (tertiary/aromatic N) is 1. The molecule has 0 saturated carbocycles. The van der Waals surface area contributed by atoms with Gasteiger partial charge in [-0.3, -0.25) is 4.79 Å². The van der Waals surface area contributed by atoms with E-state index in [4.69, 9.17) is 0 Å². The van der Waals surface area contributed by atoms with Crippen molar-refractivity contribution in [3.63, 3.8) is 0 Å². The maximum atomic E-state index is 11.9. The van der Waals surface area contributed by atoms with Crippen LogP contribution in [-0.2, 0) is 14.8 Å². The smallest absolute Gasteiger partial charge is 0.241 e. The second kappa shape index (κ2) is 5.88. The van der Waals surface area contributed by atoms with Crippen molar-refractivity contribution in [1.82, 2.24) is 9.62 Å². The number of likely N-dealkylation sites (tertiary alicyclic amines) is 1. The van der Waals surface area contributed by atoms with Gasteiger partial charge in [0.25, 0.3) is 0 Å². The van der Waals surface area contributed by atoms with Gasteiger partial charge in [-0.25, -0.2) is 13.1 Å². The number of sulfonamides is 1. The third-order valence-corrected chi connectivity index (χ3v) is 4.50. The standard InChI is InChI=1S/C12H16N2O5S/c15-10-7-14(8-11(10)16)12(17)6-13-20(18,19)9-4-2-1-3-5-9/h1-5,10-11,13,15-16H,6-8H2. The van der Waals surface area contributed by atoms with Gasteiger partial charge >= 0.3 is 0 Å². The molecule has 1 fully saturated rings. The number of amides is 1. The number of carbonyl (C=O) groups is 1. The first kappa shape index (κ1) is 14.9. The quantitative estimate of drug-likeness (QED) is 0.629. The molecule has 0 aliphatic carbocycles. The summed E-state index contributed by atoms with van der Waals surface area (Å²) in [5, 5.41) is 18.7. The molecule has 7 nitrogen and oxygen atoms in total. The van der Waals surface area contributed by atoms with Gasteiger partial charge in [-0.05, 0) is 12.1 Å². The fraction of sp³-hybridized carbons (Fsp3) is 0.417. The Labute approximate surface area is 116 Å². The number of aliphatic hydroxyl groups is 2. The van der Waals surface area contributed by atoms with Crippen LogP contribution in [0.4, 0.5) is 0 Å². The Morgan fingerprint density at radius 3 is 2.30 bits per heavy atom. The average Bonchev–Trinajstić information content (AvgIpc) is 2.77. The molecule has 1 amide bonds. The van der Waals surface area contributed by atoms with E-state index in [9.17, 15) is 23.4 Å². The number of aliphatic hydroxyl groups excluding tert-OH is 2. The maximum Gasteiger partial charge on any atom is 0.241 e. The third-order valence-electron chi connectivity index (χ3n) is 3.08. The van der Waals surface area contributed by atoms with Crippen molar-refractivity contribution in [3.05, 3.63) is 30.3 Å². The Kier molecular flexibility index (Phi) is 4.39. The minimum atomic E-state index is -3.73. The van der Waals surface area contributed by atoms with E-state index in [2.05, 4.69) is 4.72 Å². The third kappa shape index (κ3) is 3.34. The van der Waals surface area contributed by atoms with Gasteiger partial charge in [0.15, 0.2) is 0 Å². The molecular formula is C12H16N2O5S. The first-order valence-corrected chi connectivity index (χ1v) is 7.57. The Morgan fingerprint density at radius 2 is 1.75 bits per heavy atom. The van der Waals surface area contributed by atoms with Crippen molar-refractivity contribution < 1.29 is 23.4 Å². The van der Waals surface area contributed by atoms with E-state index in [1.807, 2.05) is 0 Å². The summed E-state index contributed by atoms with van der Waals surface area (Å²) in [7, 11) is -3.73. The lowest BCUT2D eigenvalue weighted by Crippen LogP contribution is -2.39. The number of carbonyl (C=O) groups excluding carboxylic acids is 1. The highest BCUT2D eigenvalue weighted by molar-refractivity contribution is 7.89. The summed E-state index contributed by atoms with van der Waals surface area (Å²) in [5.74, 6) is -0.486. The molecule has 1 aliphatic rings. The van der Waals surface area contributed by atoms with E-state index < -0.39 is 34.7 Å². The summed E-state index contributed by atoms with van der Waals surface area (Å²) in [4.78, 5) is 13.1. The highest BCUT2D eigenvalue weighted by Gasteiger charge is 2.32. The van der Waals surface area contributed by atoms with Gasteiger partial charge in [0, 0.05) is 13.1 Å². The highest BCUT2D eigenvalue weighted by Crippen LogP contribution is 2.10. The zero-order valence-electron chi connectivity index (χ0n) is 10.6. The topological polar surface area (TPSA) is 107 Å². The van der Waals surface area contributed by atoms with E-state index in [-0.39, 0.29) is 18.0 Å². The van der Waals surface area contributed by atoms with Crippen molar-refractivity contribution >= 4 is 15.9 Å². The molecule has 1 heterocycles. The van der Waals surface area contributed by atoms with Crippen molar-refractivity contribution in [2.75, 3.05) is 19.6 Å². The van der Waals surface area contributed by atoms with E-state index in [1.165, 1.54) is 17.0 Å². The monoisotopic (exact) mass is 300 g/mol. The number of hydrogen-bond donors (Lipinski definition) is 3. The summed E-state index contributed by atoms with van der Waals surface area (Å²) >= 11 is 0. The van der Waals surface area contributed by atoms with Gasteiger partial charge in [0.05, 0.1) is 23.6 Å². The first-order chi connectivity index (χ1) is 9.40. The SMILES string of the molecule is O=C(CNS(=O)(=O)c1ccccc1)N1CC(O)C(O)C1. The number of rotatable bonds is 4. The van der Waals surface area contributed by atoms with Crippen LogP contribution in [0, 0.1) is 0 Å². The Balaban J connectivity index is 1.94. The highest BCUT2D eigenvalue weighted by atomic mass is 32.2. The molecule has 1 aliphatic heterocycles. The van der Waals surface area contributed by atoms with Crippen LogP contribution in [0.5, 0.6) is 0 Å².